The fourth-order valence-corrected chi connectivity index (χ4v) is 6.97. The van der Waals surface area contributed by atoms with Crippen LogP contribution in [-0.4, -0.2) is 41.6 Å². The Bertz CT molecular complexity index is 1090. The molecule has 0 aromatic carbocycles. The molecule has 2 atom stereocenters. The summed E-state index contributed by atoms with van der Waals surface area (Å²) in [6.45, 7) is 4.83. The zero-order valence-corrected chi connectivity index (χ0v) is 37.6. The number of ether oxygens (including phenoxy) is 1. The fraction of sp³-hybridized carbons (Fsp3) is 0.745. The first kappa shape index (κ1) is 55.1. The van der Waals surface area contributed by atoms with Crippen molar-refractivity contribution in [1.29, 1.82) is 0 Å². The number of allylic oxidation sites excluding steroid dienone is 10. The van der Waals surface area contributed by atoms with Crippen molar-refractivity contribution in [3.63, 3.8) is 0 Å². The Balaban J connectivity index is 4.27. The van der Waals surface area contributed by atoms with Gasteiger partial charge < -0.3 is 20.9 Å². The van der Waals surface area contributed by atoms with E-state index in [2.05, 4.69) is 79.9 Å². The van der Waals surface area contributed by atoms with E-state index in [9.17, 15) is 19.5 Å². The van der Waals surface area contributed by atoms with Gasteiger partial charge in [0.15, 0.2) is 0 Å². The van der Waals surface area contributed by atoms with Crippen LogP contribution in [0.1, 0.15) is 226 Å². The number of nitrogens with two attached hydrogens (primary N) is 1. The van der Waals surface area contributed by atoms with Crippen molar-refractivity contribution >= 4 is 17.8 Å². The van der Waals surface area contributed by atoms with Crippen molar-refractivity contribution in [3.05, 3.63) is 60.8 Å². The highest BCUT2D eigenvalue weighted by Gasteiger charge is 2.19. The summed E-state index contributed by atoms with van der Waals surface area (Å²) < 4.78 is 6.04. The molecule has 1 amide bonds. The lowest BCUT2D eigenvalue weighted by molar-refractivity contribution is -0.150. The highest BCUT2D eigenvalue weighted by Crippen LogP contribution is 2.18. The summed E-state index contributed by atoms with van der Waals surface area (Å²) >= 11 is 0. The number of nitrogens with one attached hydrogen (secondary N) is 1. The average molecular weight is 811 g/mol. The number of rotatable bonds is 43. The molecule has 0 radical (unpaired) electrons. The van der Waals surface area contributed by atoms with Gasteiger partial charge in [-0.2, -0.15) is 0 Å². The molecule has 0 heterocycles. The van der Waals surface area contributed by atoms with Gasteiger partial charge in [-0.15, -0.1) is 0 Å². The molecule has 0 rings (SSSR count). The van der Waals surface area contributed by atoms with Crippen molar-refractivity contribution in [2.75, 3.05) is 6.54 Å². The van der Waals surface area contributed by atoms with E-state index in [0.29, 0.717) is 32.2 Å². The molecule has 4 N–H and O–H groups in total. The van der Waals surface area contributed by atoms with Crippen LogP contribution < -0.4 is 11.1 Å². The Kier molecular flexibility index (Phi) is 42.9. The number of esters is 1. The number of hydrogen-bond acceptors (Lipinski definition) is 5. The number of carbonyl (C=O) groups is 3. The molecule has 58 heavy (non-hydrogen) atoms. The molecule has 0 saturated carbocycles. The number of carboxylic acids is 1. The van der Waals surface area contributed by atoms with Crippen molar-refractivity contribution < 1.29 is 24.2 Å². The molecule has 0 bridgehead atoms. The third kappa shape index (κ3) is 41.2. The smallest absolute Gasteiger partial charge is 0.326 e. The van der Waals surface area contributed by atoms with Crippen molar-refractivity contribution in [2.24, 2.45) is 5.73 Å². The molecule has 7 heteroatoms. The second kappa shape index (κ2) is 45.2. The molecule has 0 aliphatic carbocycles. The lowest BCUT2D eigenvalue weighted by Gasteiger charge is -2.18. The monoisotopic (exact) mass is 811 g/mol. The number of amides is 1. The minimum absolute atomic E-state index is 0.0246. The summed E-state index contributed by atoms with van der Waals surface area (Å²) in [5.74, 6) is -1.26. The molecule has 0 fully saturated rings. The van der Waals surface area contributed by atoms with Crippen LogP contribution in [0.3, 0.4) is 0 Å². The standard InChI is InChI=1S/C51H90N2O5/c1-3-5-7-9-11-13-15-16-17-18-19-20-21-22-23-24-26-28-30-35-39-45-50(55)58-47(41-36-32-29-27-25-14-12-10-8-6-4-2)42-37-33-31-34-38-44-49(54)53-48(51(56)57)43-40-46-52/h5,7,11,13,16-17,19-20,27,29,47-48H,3-4,6,8-10,12,14-15,18,21-26,28,30-46,52H2,1-2H3,(H,53,54)(H,56,57)/b7-5-,13-11-,17-16-,20-19-,29-27-. The largest absolute Gasteiger partial charge is 0.480 e. The maximum atomic E-state index is 12.8. The average Bonchev–Trinajstić information content (AvgIpc) is 3.21. The third-order valence-electron chi connectivity index (χ3n) is 10.6. The summed E-state index contributed by atoms with van der Waals surface area (Å²) in [5, 5.41) is 12.0. The molecule has 0 spiro atoms. The van der Waals surface area contributed by atoms with Crippen LogP contribution in [0, 0.1) is 0 Å². The number of unbranched alkanes of at least 4 members (excludes halogenated alkanes) is 19. The number of carbonyl (C=O) groups excluding carboxylic acids is 2. The quantitative estimate of drug-likeness (QED) is 0.0321. The van der Waals surface area contributed by atoms with Gasteiger partial charge in [0.05, 0.1) is 0 Å². The lowest BCUT2D eigenvalue weighted by atomic mass is 10.0. The van der Waals surface area contributed by atoms with Crippen LogP contribution in [0.5, 0.6) is 0 Å². The normalized spacial score (nSPS) is 13.2. The van der Waals surface area contributed by atoms with Crippen LogP contribution in [0.2, 0.25) is 0 Å². The van der Waals surface area contributed by atoms with E-state index in [0.717, 1.165) is 103 Å². The van der Waals surface area contributed by atoms with Gasteiger partial charge in [0, 0.05) is 12.8 Å². The Morgan fingerprint density at radius 1 is 0.517 bits per heavy atom. The first-order valence-corrected chi connectivity index (χ1v) is 24.1. The second-order valence-electron chi connectivity index (χ2n) is 16.1. The summed E-state index contributed by atoms with van der Waals surface area (Å²) in [7, 11) is 0. The van der Waals surface area contributed by atoms with Crippen molar-refractivity contribution in [1.82, 2.24) is 5.32 Å². The van der Waals surface area contributed by atoms with Crippen LogP contribution in [0.15, 0.2) is 60.8 Å². The predicted octanol–water partition coefficient (Wildman–Crippen LogP) is 14.1. The second-order valence-corrected chi connectivity index (χ2v) is 16.1. The summed E-state index contributed by atoms with van der Waals surface area (Å²) in [5.41, 5.74) is 5.49. The van der Waals surface area contributed by atoms with Gasteiger partial charge in [-0.1, -0.05) is 164 Å². The van der Waals surface area contributed by atoms with Gasteiger partial charge in [0.2, 0.25) is 5.91 Å². The maximum absolute atomic E-state index is 12.8. The Hall–Kier alpha value is -2.93. The SMILES string of the molecule is CC/C=C\C/C=C\C/C=C\C/C=C\CCCCCCCCCCC(=O)OC(CCC/C=C\CCCCCCCC)CCCCCCCC(=O)NC(CCCN)C(=O)O. The molecule has 0 aromatic heterocycles. The van der Waals surface area contributed by atoms with Gasteiger partial charge in [-0.25, -0.2) is 4.79 Å². The van der Waals surface area contributed by atoms with Crippen molar-refractivity contribution in [3.8, 4) is 0 Å². The zero-order valence-electron chi connectivity index (χ0n) is 37.6. The van der Waals surface area contributed by atoms with E-state index in [1.165, 1.54) is 83.5 Å². The van der Waals surface area contributed by atoms with Crippen LogP contribution >= 0.6 is 0 Å². The molecule has 0 aliphatic rings. The van der Waals surface area contributed by atoms with Gasteiger partial charge in [0.25, 0.3) is 0 Å². The van der Waals surface area contributed by atoms with Crippen molar-refractivity contribution in [2.45, 2.75) is 238 Å². The molecular weight excluding hydrogens is 721 g/mol. The molecule has 2 unspecified atom stereocenters. The van der Waals surface area contributed by atoms with E-state index >= 15 is 0 Å². The first-order chi connectivity index (χ1) is 28.4. The highest BCUT2D eigenvalue weighted by atomic mass is 16.5. The molecular formula is C51H90N2O5. The molecule has 0 saturated heterocycles. The van der Waals surface area contributed by atoms with Crippen LogP contribution in [0.4, 0.5) is 0 Å². The molecule has 334 valence electrons. The summed E-state index contributed by atoms with van der Waals surface area (Å²) in [6, 6.07) is -0.862. The van der Waals surface area contributed by atoms with E-state index in [1.54, 1.807) is 0 Å². The van der Waals surface area contributed by atoms with Gasteiger partial charge in [-0.05, 0) is 116 Å². The fourth-order valence-electron chi connectivity index (χ4n) is 6.97. The number of aliphatic carboxylic acids is 1. The minimum Gasteiger partial charge on any atom is -0.480 e. The van der Waals surface area contributed by atoms with E-state index in [1.807, 2.05) is 0 Å². The van der Waals surface area contributed by atoms with Crippen LogP contribution in [0.25, 0.3) is 0 Å². The topological polar surface area (TPSA) is 119 Å². The predicted molar refractivity (Wildman–Crippen MR) is 248 cm³/mol. The Morgan fingerprint density at radius 3 is 1.52 bits per heavy atom. The molecule has 0 aromatic rings. The summed E-state index contributed by atoms with van der Waals surface area (Å²) in [6.07, 6.45) is 57.0. The first-order valence-electron chi connectivity index (χ1n) is 24.1. The summed E-state index contributed by atoms with van der Waals surface area (Å²) in [4.78, 5) is 36.5. The molecule has 0 aliphatic heterocycles. The van der Waals surface area contributed by atoms with Gasteiger partial charge in [-0.3, -0.25) is 9.59 Å². The third-order valence-corrected chi connectivity index (χ3v) is 10.6. The minimum atomic E-state index is -1.01. The van der Waals surface area contributed by atoms with Gasteiger partial charge in [0.1, 0.15) is 12.1 Å². The Labute approximate surface area is 357 Å². The Morgan fingerprint density at radius 2 is 0.966 bits per heavy atom. The highest BCUT2D eigenvalue weighted by molar-refractivity contribution is 5.83. The zero-order chi connectivity index (χ0) is 42.4. The van der Waals surface area contributed by atoms with E-state index < -0.39 is 12.0 Å². The number of carboxylic acid groups (broad SMARTS) is 1. The number of hydrogen-bond donors (Lipinski definition) is 3. The lowest BCUT2D eigenvalue weighted by Crippen LogP contribution is -2.40. The molecule has 7 nitrogen and oxygen atoms in total. The maximum Gasteiger partial charge on any atom is 0.326 e. The van der Waals surface area contributed by atoms with Gasteiger partial charge >= 0.3 is 11.9 Å². The van der Waals surface area contributed by atoms with Crippen LogP contribution in [-0.2, 0) is 19.1 Å². The van der Waals surface area contributed by atoms with E-state index in [4.69, 9.17) is 10.5 Å². The van der Waals surface area contributed by atoms with E-state index in [-0.39, 0.29) is 18.0 Å².